The predicted molar refractivity (Wildman–Crippen MR) is 63.1 cm³/mol. The fraction of sp³-hybridized carbons (Fsp3) is 0.500. The third-order valence-electron chi connectivity index (χ3n) is 2.58. The van der Waals surface area contributed by atoms with Crippen LogP contribution >= 0.6 is 0 Å². The molecule has 0 aliphatic carbocycles. The van der Waals surface area contributed by atoms with Crippen molar-refractivity contribution in [3.63, 3.8) is 0 Å². The number of tetrazole rings is 1. The maximum absolute atomic E-state index is 10.7. The molecule has 9 heteroatoms. The lowest BCUT2D eigenvalue weighted by atomic mass is 10.2. The smallest absolute Gasteiger partial charge is 0.306 e. The number of methoxy groups -OCH3 is 1. The zero-order chi connectivity index (χ0) is 13.8. The fourth-order valence-corrected chi connectivity index (χ4v) is 1.65. The molecule has 0 aromatic carbocycles. The van der Waals surface area contributed by atoms with Crippen LogP contribution in [-0.4, -0.2) is 54.0 Å². The topological polar surface area (TPSA) is 108 Å². The van der Waals surface area contributed by atoms with Gasteiger partial charge in [0.25, 0.3) is 0 Å². The highest BCUT2D eigenvalue weighted by atomic mass is 16.5. The number of carbonyl (C=O) groups is 1. The van der Waals surface area contributed by atoms with E-state index in [1.165, 1.54) is 11.8 Å². The van der Waals surface area contributed by atoms with E-state index in [1.807, 2.05) is 7.05 Å². The largest absolute Gasteiger partial charge is 0.481 e. The van der Waals surface area contributed by atoms with Crippen LogP contribution in [0.2, 0.25) is 0 Å². The Balaban J connectivity index is 2.17. The molecule has 0 radical (unpaired) electrons. The molecule has 0 saturated carbocycles. The normalized spacial score (nSPS) is 12.5. The standard InChI is InChI=1S/C10H14N6O3/c1-15-5-8(11-6-15)10-12-13-14-16(10)4-7(19-2)3-9(17)18/h5-7H,3-4H2,1-2H3,(H,17,18). The summed E-state index contributed by atoms with van der Waals surface area (Å²) < 4.78 is 8.37. The van der Waals surface area contributed by atoms with Crippen molar-refractivity contribution in [1.29, 1.82) is 0 Å². The van der Waals surface area contributed by atoms with E-state index in [-0.39, 0.29) is 13.0 Å². The van der Waals surface area contributed by atoms with Gasteiger partial charge in [0.05, 0.1) is 25.4 Å². The number of nitrogens with zero attached hydrogens (tertiary/aromatic N) is 6. The van der Waals surface area contributed by atoms with Gasteiger partial charge in [-0.2, -0.15) is 0 Å². The summed E-state index contributed by atoms with van der Waals surface area (Å²) in [5.74, 6) is -0.452. The number of rotatable bonds is 6. The van der Waals surface area contributed by atoms with E-state index in [2.05, 4.69) is 20.5 Å². The van der Waals surface area contributed by atoms with Gasteiger partial charge in [-0.25, -0.2) is 9.67 Å². The van der Waals surface area contributed by atoms with Gasteiger partial charge in [0.1, 0.15) is 5.69 Å². The van der Waals surface area contributed by atoms with E-state index in [0.717, 1.165) is 0 Å². The van der Waals surface area contributed by atoms with E-state index in [1.54, 1.807) is 17.1 Å². The highest BCUT2D eigenvalue weighted by Crippen LogP contribution is 2.13. The van der Waals surface area contributed by atoms with E-state index >= 15 is 0 Å². The Labute approximate surface area is 108 Å². The van der Waals surface area contributed by atoms with Crippen LogP contribution in [0.3, 0.4) is 0 Å². The second-order valence-electron chi connectivity index (χ2n) is 4.06. The summed E-state index contributed by atoms with van der Waals surface area (Å²) in [6.45, 7) is 0.252. The first kappa shape index (κ1) is 13.1. The molecular formula is C10H14N6O3. The molecule has 2 heterocycles. The zero-order valence-electron chi connectivity index (χ0n) is 10.6. The van der Waals surface area contributed by atoms with Gasteiger partial charge in [-0.15, -0.1) is 5.10 Å². The first-order valence-electron chi connectivity index (χ1n) is 5.59. The Morgan fingerprint density at radius 3 is 2.95 bits per heavy atom. The number of hydrogen-bond donors (Lipinski definition) is 1. The van der Waals surface area contributed by atoms with Crippen LogP contribution in [0.5, 0.6) is 0 Å². The van der Waals surface area contributed by atoms with Crippen molar-refractivity contribution in [2.24, 2.45) is 7.05 Å². The van der Waals surface area contributed by atoms with Crippen LogP contribution in [0.25, 0.3) is 11.5 Å². The highest BCUT2D eigenvalue weighted by Gasteiger charge is 2.18. The molecular weight excluding hydrogens is 252 g/mol. The lowest BCUT2D eigenvalue weighted by Gasteiger charge is -2.12. The van der Waals surface area contributed by atoms with Gasteiger partial charge in [-0.1, -0.05) is 0 Å². The summed E-state index contributed by atoms with van der Waals surface area (Å²) in [4.78, 5) is 14.9. The van der Waals surface area contributed by atoms with Crippen LogP contribution in [0, 0.1) is 0 Å². The molecule has 0 saturated heterocycles. The first-order valence-corrected chi connectivity index (χ1v) is 5.59. The van der Waals surface area contributed by atoms with Crippen LogP contribution in [0.1, 0.15) is 6.42 Å². The number of aliphatic carboxylic acids is 1. The number of imidazole rings is 1. The fourth-order valence-electron chi connectivity index (χ4n) is 1.65. The summed E-state index contributed by atoms with van der Waals surface area (Å²) in [7, 11) is 3.30. The minimum Gasteiger partial charge on any atom is -0.481 e. The van der Waals surface area contributed by atoms with E-state index in [0.29, 0.717) is 11.5 Å². The predicted octanol–water partition coefficient (Wildman–Crippen LogP) is -0.437. The molecule has 1 unspecified atom stereocenters. The molecule has 2 aromatic heterocycles. The Hall–Kier alpha value is -2.29. The molecule has 0 spiro atoms. The van der Waals surface area contributed by atoms with Crippen LogP contribution in [0.15, 0.2) is 12.5 Å². The van der Waals surface area contributed by atoms with E-state index in [4.69, 9.17) is 9.84 Å². The van der Waals surface area contributed by atoms with Gasteiger partial charge < -0.3 is 14.4 Å². The van der Waals surface area contributed by atoms with Crippen LogP contribution in [-0.2, 0) is 23.1 Å². The molecule has 9 nitrogen and oxygen atoms in total. The SMILES string of the molecule is COC(CC(=O)O)Cn1nnnc1-c1cn(C)cn1. The zero-order valence-corrected chi connectivity index (χ0v) is 10.6. The molecule has 0 amide bonds. The van der Waals surface area contributed by atoms with Crippen molar-refractivity contribution in [1.82, 2.24) is 29.8 Å². The van der Waals surface area contributed by atoms with Crippen molar-refractivity contribution in [2.45, 2.75) is 19.1 Å². The molecule has 0 aliphatic rings. The Bertz CT molecular complexity index is 563. The number of ether oxygens (including phenoxy) is 1. The van der Waals surface area contributed by atoms with Gasteiger partial charge in [-0.05, 0) is 10.4 Å². The van der Waals surface area contributed by atoms with E-state index < -0.39 is 12.1 Å². The van der Waals surface area contributed by atoms with Gasteiger partial charge in [0, 0.05) is 20.4 Å². The average Bonchev–Trinajstić information content (AvgIpc) is 2.96. The number of aromatic nitrogens is 6. The minimum absolute atomic E-state index is 0.113. The van der Waals surface area contributed by atoms with Gasteiger partial charge >= 0.3 is 5.97 Å². The van der Waals surface area contributed by atoms with Crippen molar-refractivity contribution in [3.05, 3.63) is 12.5 Å². The Morgan fingerprint density at radius 1 is 1.58 bits per heavy atom. The van der Waals surface area contributed by atoms with Crippen molar-refractivity contribution < 1.29 is 14.6 Å². The molecule has 1 N–H and O–H groups in total. The number of carboxylic acids is 1. The average molecular weight is 266 g/mol. The minimum atomic E-state index is -0.931. The molecule has 1 atom stereocenters. The molecule has 2 aromatic rings. The van der Waals surface area contributed by atoms with Gasteiger partial charge in [-0.3, -0.25) is 4.79 Å². The van der Waals surface area contributed by atoms with Gasteiger partial charge in [0.15, 0.2) is 0 Å². The molecule has 102 valence electrons. The molecule has 19 heavy (non-hydrogen) atoms. The summed E-state index contributed by atoms with van der Waals surface area (Å²) in [6.07, 6.45) is 2.81. The highest BCUT2D eigenvalue weighted by molar-refractivity contribution is 5.67. The summed E-state index contributed by atoms with van der Waals surface area (Å²) in [5.41, 5.74) is 0.623. The second kappa shape index (κ2) is 5.57. The monoisotopic (exact) mass is 266 g/mol. The van der Waals surface area contributed by atoms with Crippen molar-refractivity contribution >= 4 is 5.97 Å². The molecule has 0 aliphatic heterocycles. The molecule has 2 rings (SSSR count). The van der Waals surface area contributed by atoms with Crippen LogP contribution < -0.4 is 0 Å². The quantitative estimate of drug-likeness (QED) is 0.755. The van der Waals surface area contributed by atoms with Crippen molar-refractivity contribution in [2.75, 3.05) is 7.11 Å². The Kier molecular flexibility index (Phi) is 3.85. The van der Waals surface area contributed by atoms with Crippen LogP contribution in [0.4, 0.5) is 0 Å². The third-order valence-corrected chi connectivity index (χ3v) is 2.58. The molecule has 0 bridgehead atoms. The summed E-state index contributed by atoms with van der Waals surface area (Å²) in [5, 5.41) is 20.1. The first-order chi connectivity index (χ1) is 9.10. The third kappa shape index (κ3) is 3.13. The summed E-state index contributed by atoms with van der Waals surface area (Å²) in [6, 6.07) is 0. The molecule has 0 fully saturated rings. The van der Waals surface area contributed by atoms with E-state index in [9.17, 15) is 4.79 Å². The number of carboxylic acid groups (broad SMARTS) is 1. The lowest BCUT2D eigenvalue weighted by molar-refractivity contribution is -0.139. The van der Waals surface area contributed by atoms with Gasteiger partial charge in [0.2, 0.25) is 5.82 Å². The second-order valence-corrected chi connectivity index (χ2v) is 4.06. The number of hydrogen-bond acceptors (Lipinski definition) is 6. The lowest BCUT2D eigenvalue weighted by Crippen LogP contribution is -2.23. The summed E-state index contributed by atoms with van der Waals surface area (Å²) >= 11 is 0. The Morgan fingerprint density at radius 2 is 2.37 bits per heavy atom. The maximum atomic E-state index is 10.7. The number of aryl methyl sites for hydroxylation is 1. The maximum Gasteiger partial charge on any atom is 0.306 e. The van der Waals surface area contributed by atoms with Crippen molar-refractivity contribution in [3.8, 4) is 11.5 Å².